The summed E-state index contributed by atoms with van der Waals surface area (Å²) in [6.45, 7) is 15.5. The molecule has 0 bridgehead atoms. The normalized spacial score (nSPS) is 17.1. The van der Waals surface area contributed by atoms with Crippen molar-refractivity contribution >= 4 is 58.0 Å². The van der Waals surface area contributed by atoms with Crippen molar-refractivity contribution < 1.29 is 14.4 Å². The molecule has 358 valence electrons. The number of halogens is 3. The van der Waals surface area contributed by atoms with E-state index in [4.69, 9.17) is 34.8 Å². The van der Waals surface area contributed by atoms with Crippen LogP contribution in [0.5, 0.6) is 0 Å². The topological polar surface area (TPSA) is 77.3 Å². The molecule has 0 N–H and O–H groups in total. The van der Waals surface area contributed by atoms with E-state index in [1.807, 2.05) is 120 Å². The van der Waals surface area contributed by atoms with Gasteiger partial charge >= 0.3 is 0 Å². The van der Waals surface area contributed by atoms with Crippen molar-refractivity contribution in [1.82, 2.24) is 28.7 Å². The lowest BCUT2D eigenvalue weighted by Gasteiger charge is -2.36. The van der Waals surface area contributed by atoms with Crippen molar-refractivity contribution in [2.45, 2.75) is 65.2 Å². The summed E-state index contributed by atoms with van der Waals surface area (Å²) in [6, 6.07) is 25.5. The number of piperazine rings is 1. The molecule has 0 radical (unpaired) electrons. The molecular weight excluding hydrogens is 901 g/mol. The molecule has 4 fully saturated rings. The molecule has 0 aliphatic carbocycles. The summed E-state index contributed by atoms with van der Waals surface area (Å²) < 4.78 is 4.06. The molecule has 9 rings (SSSR count). The molecule has 10 nitrogen and oxygen atoms in total. The van der Waals surface area contributed by atoms with Crippen molar-refractivity contribution in [3.8, 4) is 22.5 Å². The Morgan fingerprint density at radius 1 is 0.507 bits per heavy atom. The quantitative estimate of drug-likeness (QED) is 0.122. The van der Waals surface area contributed by atoms with Gasteiger partial charge in [0.15, 0.2) is 11.6 Å². The van der Waals surface area contributed by atoms with Gasteiger partial charge in [-0.05, 0) is 168 Å². The van der Waals surface area contributed by atoms with Crippen LogP contribution in [0.3, 0.4) is 0 Å². The van der Waals surface area contributed by atoms with E-state index in [-0.39, 0.29) is 17.5 Å². The molecule has 0 saturated carbocycles. The maximum absolute atomic E-state index is 12.7. The Morgan fingerprint density at radius 2 is 0.940 bits per heavy atom. The van der Waals surface area contributed by atoms with Crippen molar-refractivity contribution in [3.05, 3.63) is 123 Å². The van der Waals surface area contributed by atoms with Gasteiger partial charge in [-0.15, -0.1) is 0 Å². The van der Waals surface area contributed by atoms with Crippen LogP contribution in [0.1, 0.15) is 83.3 Å². The number of amides is 1. The highest BCUT2D eigenvalue weighted by Gasteiger charge is 2.25. The predicted octanol–water partition coefficient (Wildman–Crippen LogP) is 10.7. The summed E-state index contributed by atoms with van der Waals surface area (Å²) in [4.78, 5) is 48.8. The standard InChI is InChI=1S/2C19H23ClN2O.C16H22ClN3O/c1-14-17(18(23)13-22-10-4-3-5-11-22)12-21(2)19(14)15-6-8-16(20)9-7-15;1-14-12-17(18(23)13-22-10-4-3-5-11-22)21(2)19(14)15-6-8-16(20)9-7-15;17-14-3-5-15(6-4-14)19-9-11-20(12-10-19)16(21)13-18-7-1-2-8-18/h2*6-9,12H,3-5,10-11,13H2,1-2H3;3-6H,1-2,7-13H2. The molecule has 13 heteroatoms. The minimum absolute atomic E-state index is 0.206. The summed E-state index contributed by atoms with van der Waals surface area (Å²) in [5, 5.41) is 2.21. The van der Waals surface area contributed by atoms with Crippen LogP contribution in [0.25, 0.3) is 22.5 Å². The van der Waals surface area contributed by atoms with Crippen molar-refractivity contribution in [1.29, 1.82) is 0 Å². The maximum atomic E-state index is 12.7. The van der Waals surface area contributed by atoms with Gasteiger partial charge in [0, 0.05) is 72.8 Å². The molecule has 3 aromatic carbocycles. The van der Waals surface area contributed by atoms with Crippen molar-refractivity contribution in [3.63, 3.8) is 0 Å². The van der Waals surface area contributed by atoms with Gasteiger partial charge in [0.2, 0.25) is 5.91 Å². The number of aromatic nitrogens is 2. The monoisotopic (exact) mass is 967 g/mol. The Hall–Kier alpha value is -4.42. The summed E-state index contributed by atoms with van der Waals surface area (Å²) in [5.74, 6) is 0.714. The van der Waals surface area contributed by atoms with E-state index in [1.54, 1.807) is 0 Å². The number of nitrogens with zero attached hydrogens (tertiary/aromatic N) is 7. The van der Waals surface area contributed by atoms with E-state index in [1.165, 1.54) is 57.1 Å². The molecule has 67 heavy (non-hydrogen) atoms. The minimum Gasteiger partial charge on any atom is -0.368 e. The largest absolute Gasteiger partial charge is 0.368 e. The first-order valence-corrected chi connectivity index (χ1v) is 25.3. The Balaban J connectivity index is 0.000000149. The van der Waals surface area contributed by atoms with Gasteiger partial charge in [-0.25, -0.2) is 0 Å². The van der Waals surface area contributed by atoms with E-state index in [0.29, 0.717) is 19.6 Å². The van der Waals surface area contributed by atoms with E-state index >= 15 is 0 Å². The van der Waals surface area contributed by atoms with Crippen LogP contribution in [0, 0.1) is 13.8 Å². The Kier molecular flexibility index (Phi) is 18.2. The molecule has 0 atom stereocenters. The molecule has 1 amide bonds. The van der Waals surface area contributed by atoms with Gasteiger partial charge in [-0.2, -0.15) is 0 Å². The second-order valence-corrected chi connectivity index (χ2v) is 19.9. The number of benzene rings is 3. The fraction of sp³-hybridized carbons (Fsp3) is 0.463. The molecule has 2 aromatic heterocycles. The lowest BCUT2D eigenvalue weighted by atomic mass is 10.0. The number of hydrogen-bond acceptors (Lipinski definition) is 7. The third-order valence-corrected chi connectivity index (χ3v) is 14.4. The Bertz CT molecular complexity index is 2280. The highest BCUT2D eigenvalue weighted by molar-refractivity contribution is 6.31. The first-order chi connectivity index (χ1) is 32.3. The third kappa shape index (κ3) is 13.6. The predicted molar refractivity (Wildman–Crippen MR) is 276 cm³/mol. The lowest BCUT2D eigenvalue weighted by Crippen LogP contribution is -2.51. The van der Waals surface area contributed by atoms with Gasteiger partial charge < -0.3 is 18.9 Å². The molecular formula is C54H68Cl3N7O3. The molecule has 0 unspecified atom stereocenters. The van der Waals surface area contributed by atoms with Crippen LogP contribution < -0.4 is 4.90 Å². The highest BCUT2D eigenvalue weighted by Crippen LogP contribution is 2.30. The summed E-state index contributed by atoms with van der Waals surface area (Å²) >= 11 is 17.9. The van der Waals surface area contributed by atoms with Crippen molar-refractivity contribution in [2.75, 3.05) is 90.0 Å². The number of Topliss-reactive ketones (excluding diaryl/α,β-unsaturated/α-hetero) is 2. The number of ketones is 2. The summed E-state index contributed by atoms with van der Waals surface area (Å²) in [5.41, 5.74) is 9.34. The van der Waals surface area contributed by atoms with Gasteiger partial charge in [-0.1, -0.05) is 71.9 Å². The fourth-order valence-corrected chi connectivity index (χ4v) is 10.4. The molecule has 6 heterocycles. The van der Waals surface area contributed by atoms with Crippen molar-refractivity contribution in [2.24, 2.45) is 14.1 Å². The molecule has 5 aromatic rings. The molecule has 4 aliphatic rings. The third-order valence-electron chi connectivity index (χ3n) is 13.7. The summed E-state index contributed by atoms with van der Waals surface area (Å²) in [6.07, 6.45) is 11.8. The van der Waals surface area contributed by atoms with Crippen LogP contribution in [-0.4, -0.2) is 131 Å². The van der Waals surface area contributed by atoms with Crippen LogP contribution in [0.4, 0.5) is 5.69 Å². The number of aryl methyl sites for hydroxylation is 2. The van der Waals surface area contributed by atoms with Crippen LogP contribution in [0.15, 0.2) is 85.1 Å². The van der Waals surface area contributed by atoms with Crippen LogP contribution in [0.2, 0.25) is 15.1 Å². The first-order valence-electron chi connectivity index (χ1n) is 24.2. The van der Waals surface area contributed by atoms with E-state index in [0.717, 1.165) is 125 Å². The zero-order valence-electron chi connectivity index (χ0n) is 39.9. The summed E-state index contributed by atoms with van der Waals surface area (Å²) in [7, 11) is 3.97. The lowest BCUT2D eigenvalue weighted by molar-refractivity contribution is -0.132. The second-order valence-electron chi connectivity index (χ2n) is 18.6. The first kappa shape index (κ1) is 50.5. The number of carbonyl (C=O) groups is 3. The minimum atomic E-state index is 0.206. The van der Waals surface area contributed by atoms with E-state index < -0.39 is 0 Å². The smallest absolute Gasteiger partial charge is 0.236 e. The number of piperidine rings is 2. The SMILES string of the molecule is Cc1c(C(=O)CN2CCCCC2)cn(C)c1-c1ccc(Cl)cc1.Cc1cc(C(=O)CN2CCCCC2)n(C)c1-c1ccc(Cl)cc1.O=C(CN1CCCC1)N1CCN(c2ccc(Cl)cc2)CC1. The molecule has 0 spiro atoms. The van der Waals surface area contributed by atoms with Gasteiger partial charge in [0.1, 0.15) is 0 Å². The average Bonchev–Trinajstić information content (AvgIpc) is 4.05. The molecule has 4 saturated heterocycles. The van der Waals surface area contributed by atoms with Gasteiger partial charge in [0.25, 0.3) is 0 Å². The zero-order valence-corrected chi connectivity index (χ0v) is 42.2. The number of carbonyl (C=O) groups excluding carboxylic acids is 3. The fourth-order valence-electron chi connectivity index (χ4n) is 10.0. The van der Waals surface area contributed by atoms with Gasteiger partial charge in [-0.3, -0.25) is 29.1 Å². The molecule has 4 aliphatic heterocycles. The van der Waals surface area contributed by atoms with E-state index in [2.05, 4.69) is 26.5 Å². The average molecular weight is 970 g/mol. The Morgan fingerprint density at radius 3 is 1.45 bits per heavy atom. The number of hydrogen-bond donors (Lipinski definition) is 0. The Labute approximate surface area is 413 Å². The number of rotatable bonds is 11. The maximum Gasteiger partial charge on any atom is 0.236 e. The van der Waals surface area contributed by atoms with Crippen LogP contribution >= 0.6 is 34.8 Å². The number of likely N-dealkylation sites (tertiary alicyclic amines) is 3. The van der Waals surface area contributed by atoms with Gasteiger partial charge in [0.05, 0.1) is 36.7 Å². The van der Waals surface area contributed by atoms with Crippen LogP contribution in [-0.2, 0) is 18.9 Å². The zero-order chi connectivity index (χ0) is 47.5. The van der Waals surface area contributed by atoms with E-state index in [9.17, 15) is 14.4 Å². The second kappa shape index (κ2) is 24.2. The number of anilines is 1. The highest BCUT2D eigenvalue weighted by atomic mass is 35.5.